The average Bonchev–Trinajstić information content (AvgIpc) is 2.69. The molecule has 8 heteroatoms. The van der Waals surface area contributed by atoms with Crippen LogP contribution in [0.3, 0.4) is 0 Å². The number of benzene rings is 2. The highest BCUT2D eigenvalue weighted by Crippen LogP contribution is 2.26. The Morgan fingerprint density at radius 3 is 2.35 bits per heavy atom. The van der Waals surface area contributed by atoms with E-state index in [0.29, 0.717) is 18.5 Å². The van der Waals surface area contributed by atoms with Gasteiger partial charge in [-0.2, -0.15) is 0 Å². The van der Waals surface area contributed by atoms with Crippen LogP contribution in [0.15, 0.2) is 42.5 Å². The summed E-state index contributed by atoms with van der Waals surface area (Å²) in [6.07, 6.45) is 1.64. The van der Waals surface area contributed by atoms with Crippen molar-refractivity contribution in [3.05, 3.63) is 53.8 Å². The van der Waals surface area contributed by atoms with Crippen molar-refractivity contribution in [1.29, 1.82) is 0 Å². The first-order chi connectivity index (χ1) is 14.6. The molecule has 0 bridgehead atoms. The first-order valence-electron chi connectivity index (χ1n) is 10.1. The molecule has 1 fully saturated rings. The van der Waals surface area contributed by atoms with Crippen molar-refractivity contribution in [3.63, 3.8) is 0 Å². The van der Waals surface area contributed by atoms with Crippen molar-refractivity contribution < 1.29 is 23.5 Å². The molecule has 1 heterocycles. The molecule has 0 radical (unpaired) electrons. The Balaban J connectivity index is 1.73. The third-order valence-electron chi connectivity index (χ3n) is 4.63. The van der Waals surface area contributed by atoms with Crippen molar-refractivity contribution >= 4 is 35.0 Å². The average molecular weight is 427 g/mol. The monoisotopic (exact) mass is 427 g/mol. The van der Waals surface area contributed by atoms with E-state index in [0.717, 1.165) is 24.6 Å². The van der Waals surface area contributed by atoms with Crippen LogP contribution in [-0.2, 0) is 9.53 Å². The zero-order valence-corrected chi connectivity index (χ0v) is 17.8. The Morgan fingerprint density at radius 2 is 1.71 bits per heavy atom. The second-order valence-electron chi connectivity index (χ2n) is 8.32. The molecule has 3 amide bonds. The fraction of sp³-hybridized carbons (Fsp3) is 0.348. The third-order valence-corrected chi connectivity index (χ3v) is 4.63. The maximum Gasteiger partial charge on any atom is 0.412 e. The van der Waals surface area contributed by atoms with E-state index in [9.17, 15) is 18.8 Å². The summed E-state index contributed by atoms with van der Waals surface area (Å²) in [7, 11) is 0. The minimum atomic E-state index is -0.717. The molecule has 7 nitrogen and oxygen atoms in total. The summed E-state index contributed by atoms with van der Waals surface area (Å²) >= 11 is 0. The van der Waals surface area contributed by atoms with Crippen LogP contribution in [0.1, 0.15) is 50.4 Å². The van der Waals surface area contributed by atoms with E-state index in [4.69, 9.17) is 4.74 Å². The minimum absolute atomic E-state index is 0.0704. The Bertz CT molecular complexity index is 983. The summed E-state index contributed by atoms with van der Waals surface area (Å²) in [5, 5.41) is 5.14. The Hall–Kier alpha value is -3.42. The normalized spacial score (nSPS) is 14.2. The van der Waals surface area contributed by atoms with Crippen LogP contribution >= 0.6 is 0 Å². The van der Waals surface area contributed by atoms with Crippen LogP contribution < -0.4 is 15.5 Å². The van der Waals surface area contributed by atoms with Gasteiger partial charge in [-0.25, -0.2) is 9.18 Å². The van der Waals surface area contributed by atoms with E-state index in [1.165, 1.54) is 12.1 Å². The van der Waals surface area contributed by atoms with Gasteiger partial charge in [0, 0.05) is 24.2 Å². The number of rotatable bonds is 4. The van der Waals surface area contributed by atoms with Crippen LogP contribution in [0.5, 0.6) is 0 Å². The Labute approximate surface area is 180 Å². The number of hydrogen-bond donors (Lipinski definition) is 2. The van der Waals surface area contributed by atoms with E-state index >= 15 is 0 Å². The van der Waals surface area contributed by atoms with Crippen LogP contribution in [0.2, 0.25) is 0 Å². The highest BCUT2D eigenvalue weighted by atomic mass is 19.1. The van der Waals surface area contributed by atoms with Crippen LogP contribution in [-0.4, -0.2) is 30.1 Å². The highest BCUT2D eigenvalue weighted by molar-refractivity contribution is 6.07. The molecule has 2 aromatic carbocycles. The molecule has 0 aliphatic carbocycles. The number of hydrogen-bond acceptors (Lipinski definition) is 4. The first kappa shape index (κ1) is 22.3. The summed E-state index contributed by atoms with van der Waals surface area (Å²) in [6, 6.07) is 10.3. The van der Waals surface area contributed by atoms with Crippen molar-refractivity contribution in [2.24, 2.45) is 0 Å². The van der Waals surface area contributed by atoms with Gasteiger partial charge in [0.1, 0.15) is 11.4 Å². The van der Waals surface area contributed by atoms with Crippen molar-refractivity contribution in [1.82, 2.24) is 0 Å². The standard InChI is InChI=1S/C23H26FN3O4/c1-23(2,3)31-22(30)26-18-12-9-16(24)14-19(18)25-21(29)15-7-10-17(11-8-15)27-13-5-4-6-20(27)28/h7-12,14H,4-6,13H2,1-3H3,(H,25,29)(H,26,30). The van der Waals surface area contributed by atoms with Crippen LogP contribution in [0, 0.1) is 5.82 Å². The number of carbonyl (C=O) groups excluding carboxylic acids is 3. The second-order valence-corrected chi connectivity index (χ2v) is 8.32. The van der Waals surface area contributed by atoms with Gasteiger partial charge in [0.2, 0.25) is 5.91 Å². The maximum absolute atomic E-state index is 13.8. The van der Waals surface area contributed by atoms with E-state index in [1.54, 1.807) is 49.9 Å². The Kier molecular flexibility index (Phi) is 6.58. The molecule has 0 aromatic heterocycles. The maximum atomic E-state index is 13.8. The number of nitrogens with one attached hydrogen (secondary N) is 2. The molecular weight excluding hydrogens is 401 g/mol. The van der Waals surface area contributed by atoms with Crippen molar-refractivity contribution in [2.75, 3.05) is 22.1 Å². The molecule has 0 saturated carbocycles. The van der Waals surface area contributed by atoms with Crippen molar-refractivity contribution in [2.45, 2.75) is 45.6 Å². The predicted molar refractivity (Wildman–Crippen MR) is 117 cm³/mol. The summed E-state index contributed by atoms with van der Waals surface area (Å²) in [4.78, 5) is 38.5. The molecule has 31 heavy (non-hydrogen) atoms. The lowest BCUT2D eigenvalue weighted by Crippen LogP contribution is -2.35. The zero-order valence-electron chi connectivity index (χ0n) is 17.8. The van der Waals surface area contributed by atoms with Gasteiger partial charge in [-0.15, -0.1) is 0 Å². The zero-order chi connectivity index (χ0) is 22.6. The van der Waals surface area contributed by atoms with Gasteiger partial charge in [-0.1, -0.05) is 0 Å². The van der Waals surface area contributed by atoms with Crippen LogP contribution in [0.25, 0.3) is 0 Å². The summed E-state index contributed by atoms with van der Waals surface area (Å²) in [5.74, 6) is -0.973. The van der Waals surface area contributed by atoms with Gasteiger partial charge in [0.05, 0.1) is 11.4 Å². The number of piperidine rings is 1. The van der Waals surface area contributed by atoms with E-state index in [-0.39, 0.29) is 17.3 Å². The highest BCUT2D eigenvalue weighted by Gasteiger charge is 2.21. The number of amides is 3. The van der Waals surface area contributed by atoms with E-state index in [1.807, 2.05) is 0 Å². The molecule has 0 spiro atoms. The SMILES string of the molecule is CC(C)(C)OC(=O)Nc1ccc(F)cc1NC(=O)c1ccc(N2CCCCC2=O)cc1. The number of ether oxygens (including phenoxy) is 1. The van der Waals surface area contributed by atoms with Gasteiger partial charge in [-0.3, -0.25) is 14.9 Å². The number of carbonyl (C=O) groups is 3. The predicted octanol–water partition coefficient (Wildman–Crippen LogP) is 4.94. The molecule has 2 aromatic rings. The second kappa shape index (κ2) is 9.16. The number of halogens is 1. The lowest BCUT2D eigenvalue weighted by atomic mass is 10.1. The van der Waals surface area contributed by atoms with Gasteiger partial charge in [0.25, 0.3) is 5.91 Å². The van der Waals surface area contributed by atoms with Gasteiger partial charge in [-0.05, 0) is 76.1 Å². The number of nitrogens with zero attached hydrogens (tertiary/aromatic N) is 1. The minimum Gasteiger partial charge on any atom is -0.444 e. The van der Waals surface area contributed by atoms with Crippen LogP contribution in [0.4, 0.5) is 26.2 Å². The molecule has 2 N–H and O–H groups in total. The fourth-order valence-corrected chi connectivity index (χ4v) is 3.21. The summed E-state index contributed by atoms with van der Waals surface area (Å²) < 4.78 is 19.0. The molecule has 3 rings (SSSR count). The molecule has 0 atom stereocenters. The van der Waals surface area contributed by atoms with E-state index < -0.39 is 23.4 Å². The molecule has 1 aliphatic rings. The molecule has 164 valence electrons. The largest absolute Gasteiger partial charge is 0.444 e. The summed E-state index contributed by atoms with van der Waals surface area (Å²) in [5.41, 5.74) is 0.677. The molecule has 0 unspecified atom stereocenters. The lowest BCUT2D eigenvalue weighted by molar-refractivity contribution is -0.119. The van der Waals surface area contributed by atoms with Gasteiger partial charge >= 0.3 is 6.09 Å². The molecule has 1 saturated heterocycles. The molecular formula is C23H26FN3O4. The fourth-order valence-electron chi connectivity index (χ4n) is 3.21. The van der Waals surface area contributed by atoms with Gasteiger partial charge < -0.3 is 15.0 Å². The summed E-state index contributed by atoms with van der Waals surface area (Å²) in [6.45, 7) is 5.83. The molecule has 1 aliphatic heterocycles. The quantitative estimate of drug-likeness (QED) is 0.723. The van der Waals surface area contributed by atoms with Crippen molar-refractivity contribution in [3.8, 4) is 0 Å². The first-order valence-corrected chi connectivity index (χ1v) is 10.1. The topological polar surface area (TPSA) is 87.7 Å². The third kappa shape index (κ3) is 6.04. The smallest absolute Gasteiger partial charge is 0.412 e. The lowest BCUT2D eigenvalue weighted by Gasteiger charge is -2.26. The van der Waals surface area contributed by atoms with Gasteiger partial charge in [0.15, 0.2) is 0 Å². The van der Waals surface area contributed by atoms with E-state index in [2.05, 4.69) is 10.6 Å². The Morgan fingerprint density at radius 1 is 1.00 bits per heavy atom. The number of anilines is 3.